The molecule has 2 aliphatic heterocycles. The van der Waals surface area contributed by atoms with Gasteiger partial charge in [-0.25, -0.2) is 9.78 Å². The molecule has 0 saturated carbocycles. The average molecular weight is 365 g/mol. The van der Waals surface area contributed by atoms with Crippen molar-refractivity contribution in [2.45, 2.75) is 32.2 Å². The Morgan fingerprint density at radius 3 is 2.56 bits per heavy atom. The molecule has 3 rings (SSSR count). The number of aromatic nitrogens is 1. The number of nitrogens with zero attached hydrogens (tertiary/aromatic N) is 4. The zero-order valence-electron chi connectivity index (χ0n) is 14.5. The highest BCUT2D eigenvalue weighted by atomic mass is 32.1. The molecular weight excluding hydrogens is 342 g/mol. The topological polar surface area (TPSA) is 85.8 Å². The summed E-state index contributed by atoms with van der Waals surface area (Å²) in [6.07, 6.45) is 2.62. The fourth-order valence-electron chi connectivity index (χ4n) is 3.09. The van der Waals surface area contributed by atoms with Gasteiger partial charge in [0.1, 0.15) is 5.54 Å². The van der Waals surface area contributed by atoms with Crippen LogP contribution in [0.5, 0.6) is 0 Å². The van der Waals surface area contributed by atoms with Crippen molar-refractivity contribution in [3.8, 4) is 0 Å². The van der Waals surface area contributed by atoms with Gasteiger partial charge in [-0.3, -0.25) is 14.5 Å². The first kappa shape index (κ1) is 17.7. The molecule has 0 spiro atoms. The average Bonchev–Trinajstić information content (AvgIpc) is 3.17. The summed E-state index contributed by atoms with van der Waals surface area (Å²) in [5, 5.41) is 5.59. The summed E-state index contributed by atoms with van der Waals surface area (Å²) < 4.78 is 0. The molecular formula is C16H23N5O3S. The van der Waals surface area contributed by atoms with Crippen molar-refractivity contribution in [1.29, 1.82) is 0 Å². The van der Waals surface area contributed by atoms with Crippen LogP contribution in [-0.2, 0) is 9.59 Å². The van der Waals surface area contributed by atoms with E-state index >= 15 is 0 Å². The molecule has 4 amide bonds. The lowest BCUT2D eigenvalue weighted by atomic mass is 10.1. The zero-order chi connectivity index (χ0) is 18.0. The number of anilines is 1. The van der Waals surface area contributed by atoms with E-state index in [2.05, 4.69) is 15.2 Å². The van der Waals surface area contributed by atoms with Crippen molar-refractivity contribution < 1.29 is 14.4 Å². The number of thiazole rings is 1. The monoisotopic (exact) mass is 365 g/mol. The highest BCUT2D eigenvalue weighted by Crippen LogP contribution is 2.20. The van der Waals surface area contributed by atoms with Crippen LogP contribution in [0, 0.1) is 0 Å². The van der Waals surface area contributed by atoms with Gasteiger partial charge in [-0.1, -0.05) is 0 Å². The van der Waals surface area contributed by atoms with E-state index in [1.54, 1.807) is 31.4 Å². The molecule has 3 heterocycles. The number of hydrogen-bond donors (Lipinski definition) is 1. The number of hydrogen-bond acceptors (Lipinski definition) is 6. The van der Waals surface area contributed by atoms with Crippen LogP contribution in [-0.4, -0.2) is 70.9 Å². The van der Waals surface area contributed by atoms with Gasteiger partial charge < -0.3 is 15.1 Å². The molecule has 2 aliphatic rings. The summed E-state index contributed by atoms with van der Waals surface area (Å²) >= 11 is 1.60. The SMILES string of the molecule is CC1(C)NC(=O)N(CCCC(=O)N2CCN(c3nccs3)CC2)C1=O. The van der Waals surface area contributed by atoms with Crippen molar-refractivity contribution in [3.05, 3.63) is 11.6 Å². The Morgan fingerprint density at radius 2 is 2.00 bits per heavy atom. The zero-order valence-corrected chi connectivity index (χ0v) is 15.3. The van der Waals surface area contributed by atoms with E-state index in [0.717, 1.165) is 18.2 Å². The normalized spacial score (nSPS) is 20.2. The van der Waals surface area contributed by atoms with Crippen LogP contribution in [0.1, 0.15) is 26.7 Å². The van der Waals surface area contributed by atoms with Gasteiger partial charge in [-0.15, -0.1) is 11.3 Å². The molecule has 2 saturated heterocycles. The van der Waals surface area contributed by atoms with Crippen molar-refractivity contribution in [2.24, 2.45) is 0 Å². The second kappa shape index (κ2) is 6.99. The molecule has 136 valence electrons. The van der Waals surface area contributed by atoms with Crippen molar-refractivity contribution in [1.82, 2.24) is 20.1 Å². The number of nitrogens with one attached hydrogen (secondary N) is 1. The molecule has 9 heteroatoms. The van der Waals surface area contributed by atoms with Crippen LogP contribution in [0.4, 0.5) is 9.93 Å². The third-order valence-electron chi connectivity index (χ3n) is 4.54. The van der Waals surface area contributed by atoms with E-state index in [9.17, 15) is 14.4 Å². The number of carbonyl (C=O) groups is 3. The Bertz CT molecular complexity index is 653. The third kappa shape index (κ3) is 3.76. The smallest absolute Gasteiger partial charge is 0.325 e. The minimum absolute atomic E-state index is 0.0742. The van der Waals surface area contributed by atoms with Gasteiger partial charge in [0.25, 0.3) is 5.91 Å². The van der Waals surface area contributed by atoms with E-state index in [1.807, 2.05) is 10.3 Å². The number of amides is 4. The molecule has 2 fully saturated rings. The molecule has 1 aromatic heterocycles. The molecule has 1 N–H and O–H groups in total. The lowest BCUT2D eigenvalue weighted by molar-refractivity contribution is -0.133. The summed E-state index contributed by atoms with van der Waals surface area (Å²) in [7, 11) is 0. The Balaban J connectivity index is 1.42. The van der Waals surface area contributed by atoms with Crippen LogP contribution < -0.4 is 10.2 Å². The lowest BCUT2D eigenvalue weighted by Gasteiger charge is -2.34. The molecule has 0 bridgehead atoms. The first-order valence-corrected chi connectivity index (χ1v) is 9.33. The Hall–Kier alpha value is -2.16. The van der Waals surface area contributed by atoms with Crippen LogP contribution in [0.2, 0.25) is 0 Å². The molecule has 0 unspecified atom stereocenters. The Morgan fingerprint density at radius 1 is 1.28 bits per heavy atom. The number of urea groups is 1. The summed E-state index contributed by atoms with van der Waals surface area (Å²) in [4.78, 5) is 45.8. The predicted octanol–water partition coefficient (Wildman–Crippen LogP) is 0.902. The molecule has 0 atom stereocenters. The van der Waals surface area contributed by atoms with Crippen LogP contribution in [0.15, 0.2) is 11.6 Å². The van der Waals surface area contributed by atoms with Gasteiger partial charge in [-0.2, -0.15) is 0 Å². The van der Waals surface area contributed by atoms with Gasteiger partial charge in [0, 0.05) is 50.7 Å². The van der Waals surface area contributed by atoms with Gasteiger partial charge in [-0.05, 0) is 20.3 Å². The molecule has 25 heavy (non-hydrogen) atoms. The van der Waals surface area contributed by atoms with Crippen molar-refractivity contribution in [2.75, 3.05) is 37.6 Å². The van der Waals surface area contributed by atoms with E-state index in [0.29, 0.717) is 25.9 Å². The molecule has 1 aromatic rings. The largest absolute Gasteiger partial charge is 0.345 e. The Kier molecular flexibility index (Phi) is 4.94. The molecule has 8 nitrogen and oxygen atoms in total. The van der Waals surface area contributed by atoms with Crippen molar-refractivity contribution in [3.63, 3.8) is 0 Å². The molecule has 0 aromatic carbocycles. The van der Waals surface area contributed by atoms with Crippen molar-refractivity contribution >= 4 is 34.3 Å². The van der Waals surface area contributed by atoms with E-state index in [4.69, 9.17) is 0 Å². The van der Waals surface area contributed by atoms with E-state index < -0.39 is 5.54 Å². The number of carbonyl (C=O) groups excluding carboxylic acids is 3. The summed E-state index contributed by atoms with van der Waals surface area (Å²) in [6.45, 7) is 6.55. The highest BCUT2D eigenvalue weighted by molar-refractivity contribution is 7.13. The number of piperazine rings is 1. The fraction of sp³-hybridized carbons (Fsp3) is 0.625. The summed E-state index contributed by atoms with van der Waals surface area (Å²) in [6, 6.07) is -0.375. The lowest BCUT2D eigenvalue weighted by Crippen LogP contribution is -2.48. The second-order valence-corrected chi connectivity index (χ2v) is 7.67. The van der Waals surface area contributed by atoms with Crippen LogP contribution in [0.25, 0.3) is 0 Å². The predicted molar refractivity (Wildman–Crippen MR) is 94.5 cm³/mol. The first-order chi connectivity index (χ1) is 11.9. The van der Waals surface area contributed by atoms with Gasteiger partial charge in [0.15, 0.2) is 5.13 Å². The molecule has 0 radical (unpaired) electrons. The highest BCUT2D eigenvalue weighted by Gasteiger charge is 2.43. The molecule has 0 aliphatic carbocycles. The maximum Gasteiger partial charge on any atom is 0.325 e. The number of rotatable bonds is 5. The minimum atomic E-state index is -0.854. The van der Waals surface area contributed by atoms with Gasteiger partial charge in [0.2, 0.25) is 5.91 Å². The third-order valence-corrected chi connectivity index (χ3v) is 5.37. The first-order valence-electron chi connectivity index (χ1n) is 8.45. The van der Waals surface area contributed by atoms with Crippen LogP contribution in [0.3, 0.4) is 0 Å². The second-order valence-electron chi connectivity index (χ2n) is 6.80. The fourth-order valence-corrected chi connectivity index (χ4v) is 3.78. The van der Waals surface area contributed by atoms with E-state index in [1.165, 1.54) is 4.90 Å². The van der Waals surface area contributed by atoms with Crippen LogP contribution >= 0.6 is 11.3 Å². The van der Waals surface area contributed by atoms with E-state index in [-0.39, 0.29) is 24.4 Å². The summed E-state index contributed by atoms with van der Waals surface area (Å²) in [5.74, 6) is -0.160. The standard InChI is InChI=1S/C16H23N5O3S/c1-16(2)13(23)21(14(24)18-16)6-3-4-12(22)19-7-9-20(10-8-19)15-17-5-11-25-15/h5,11H,3-4,6-10H2,1-2H3,(H,18,24). The maximum atomic E-state index is 12.3. The van der Waals surface area contributed by atoms with Gasteiger partial charge in [0.05, 0.1) is 0 Å². The number of imide groups is 1. The quantitative estimate of drug-likeness (QED) is 0.784. The summed E-state index contributed by atoms with van der Waals surface area (Å²) in [5.41, 5.74) is -0.854. The Labute approximate surface area is 150 Å². The minimum Gasteiger partial charge on any atom is -0.345 e. The maximum absolute atomic E-state index is 12.3. The van der Waals surface area contributed by atoms with Gasteiger partial charge >= 0.3 is 6.03 Å².